The topological polar surface area (TPSA) is 206 Å². The van der Waals surface area contributed by atoms with Gasteiger partial charge >= 0.3 is 0 Å². The number of halogens is 3. The molecule has 0 saturated carbocycles. The summed E-state index contributed by atoms with van der Waals surface area (Å²) in [5.74, 6) is -5.74. The number of ether oxygens (including phenoxy) is 2. The molecule has 428 valence electrons. The monoisotopic (exact) mass is 1110 g/mol. The lowest BCUT2D eigenvalue weighted by atomic mass is 9.83. The number of benzene rings is 4. The Morgan fingerprint density at radius 3 is 2.31 bits per heavy atom. The minimum atomic E-state index is -1.27. The van der Waals surface area contributed by atoms with Crippen LogP contribution in [0.3, 0.4) is 0 Å². The molecule has 4 aromatic rings. The zero-order chi connectivity index (χ0) is 56.8. The lowest BCUT2D eigenvalue weighted by Gasteiger charge is -2.43. The maximum Gasteiger partial charge on any atom is 0.247 e. The molecule has 6 amide bonds. The van der Waals surface area contributed by atoms with Gasteiger partial charge in [0.25, 0.3) is 0 Å². The van der Waals surface area contributed by atoms with Crippen molar-refractivity contribution in [2.24, 2.45) is 5.92 Å². The van der Waals surface area contributed by atoms with Crippen molar-refractivity contribution in [2.45, 2.75) is 102 Å². The normalized spacial score (nSPS) is 23.3. The number of para-hydroxylation sites is 1. The van der Waals surface area contributed by atoms with E-state index >= 15 is 0 Å². The highest BCUT2D eigenvalue weighted by atomic mass is 19.1. The molecule has 4 aromatic carbocycles. The molecule has 5 heterocycles. The number of hydrogen-bond acceptors (Lipinski definition) is 12. The van der Waals surface area contributed by atoms with Crippen LogP contribution in [0.5, 0.6) is 0 Å². The Hall–Kier alpha value is -6.75. The molecule has 18 nitrogen and oxygen atoms in total. The van der Waals surface area contributed by atoms with Gasteiger partial charge in [0, 0.05) is 88.4 Å². The van der Waals surface area contributed by atoms with Crippen LogP contribution in [0.15, 0.2) is 78.9 Å². The maximum absolute atomic E-state index is 14.9. The molecule has 5 aliphatic heterocycles. The third-order valence-electron chi connectivity index (χ3n) is 16.5. The van der Waals surface area contributed by atoms with Gasteiger partial charge in [0.1, 0.15) is 35.2 Å². The largest absolute Gasteiger partial charge is 0.381 e. The number of piperazine rings is 1. The van der Waals surface area contributed by atoms with E-state index < -0.39 is 76.9 Å². The van der Waals surface area contributed by atoms with Gasteiger partial charge in [0.05, 0.1) is 37.8 Å². The number of carbonyl (C=O) groups excluding carboxylic acids is 6. The first kappa shape index (κ1) is 57.9. The van der Waals surface area contributed by atoms with Crippen LogP contribution in [0.4, 0.5) is 30.2 Å². The average Bonchev–Trinajstić information content (AvgIpc) is 3.76. The van der Waals surface area contributed by atoms with E-state index in [1.807, 2.05) is 18.2 Å². The van der Waals surface area contributed by atoms with E-state index in [9.17, 15) is 41.9 Å². The average molecular weight is 1110 g/mol. The van der Waals surface area contributed by atoms with Crippen LogP contribution < -0.4 is 36.8 Å². The second-order valence-corrected chi connectivity index (χ2v) is 22.2. The summed E-state index contributed by atoms with van der Waals surface area (Å²) in [6, 6.07) is 17.5. The molecule has 5 aliphatic rings. The van der Waals surface area contributed by atoms with Crippen molar-refractivity contribution in [3.05, 3.63) is 124 Å². The summed E-state index contributed by atoms with van der Waals surface area (Å²) in [7, 11) is 1.61. The molecule has 0 radical (unpaired) electrons. The smallest absolute Gasteiger partial charge is 0.247 e. The van der Waals surface area contributed by atoms with E-state index in [1.165, 1.54) is 23.1 Å². The standard InChI is InChI=1S/C59H73F3N10O8/c1-35-29-70(45(27-64-35)31-69-19-22-80-33-36(69)2)32-52(74)72-34-59(4,46-16-11-39(24-49(46)72)23-38-9-13-43(60)14-10-38)58(78)65-28-51(73)66-44-15-12-41-26-50(56(76)68-54-47(61)7-6-8-48(54)62)71(30-42(41)25-44)57(77)53(40-17-20-79-21-18-40)67-55(75)37(3)63-5/h6-16,24-25,35-37,40,45,50,53,63-64H,17-23,26-34H2,1-5H3,(H,65,78)(H,66,73)(H,67,75)(H,68,76)/t35-,36-,37?,45-,50+,53?,59?/m1/s1. The summed E-state index contributed by atoms with van der Waals surface area (Å²) in [4.78, 5) is 93.2. The Labute approximate surface area is 464 Å². The van der Waals surface area contributed by atoms with Crippen LogP contribution in [-0.2, 0) is 63.0 Å². The highest BCUT2D eigenvalue weighted by Gasteiger charge is 2.48. The minimum Gasteiger partial charge on any atom is -0.381 e. The summed E-state index contributed by atoms with van der Waals surface area (Å²) in [5.41, 5.74) is 2.55. The van der Waals surface area contributed by atoms with Crippen LogP contribution in [0, 0.1) is 23.4 Å². The zero-order valence-corrected chi connectivity index (χ0v) is 46.0. The van der Waals surface area contributed by atoms with Gasteiger partial charge in [-0.15, -0.1) is 0 Å². The number of hydrogen-bond donors (Lipinski definition) is 6. The van der Waals surface area contributed by atoms with Crippen molar-refractivity contribution in [2.75, 3.05) is 94.8 Å². The van der Waals surface area contributed by atoms with Crippen LogP contribution in [0.2, 0.25) is 0 Å². The molecule has 3 fully saturated rings. The fourth-order valence-electron chi connectivity index (χ4n) is 11.6. The van der Waals surface area contributed by atoms with Gasteiger partial charge in [-0.1, -0.05) is 36.4 Å². The third-order valence-corrected chi connectivity index (χ3v) is 16.5. The van der Waals surface area contributed by atoms with E-state index in [4.69, 9.17) is 9.47 Å². The molecule has 0 aliphatic carbocycles. The number of nitrogens with zero attached hydrogens (tertiary/aromatic N) is 4. The molecular formula is C59H73F3N10O8. The van der Waals surface area contributed by atoms with Crippen molar-refractivity contribution < 1.29 is 51.4 Å². The Bertz CT molecular complexity index is 2930. The van der Waals surface area contributed by atoms with Crippen molar-refractivity contribution in [1.29, 1.82) is 0 Å². The molecule has 21 heteroatoms. The second-order valence-electron chi connectivity index (χ2n) is 22.2. The molecule has 0 bridgehead atoms. The molecule has 6 N–H and O–H groups in total. The lowest BCUT2D eigenvalue weighted by molar-refractivity contribution is -0.145. The third kappa shape index (κ3) is 13.2. The Balaban J connectivity index is 0.920. The van der Waals surface area contributed by atoms with Crippen molar-refractivity contribution >= 4 is 52.5 Å². The molecule has 9 rings (SSSR count). The summed E-state index contributed by atoms with van der Waals surface area (Å²) >= 11 is 0. The highest BCUT2D eigenvalue weighted by molar-refractivity contribution is 6.04. The first-order valence-electron chi connectivity index (χ1n) is 27.7. The summed E-state index contributed by atoms with van der Waals surface area (Å²) in [6.45, 7) is 12.1. The zero-order valence-electron chi connectivity index (χ0n) is 46.0. The van der Waals surface area contributed by atoms with Gasteiger partial charge in [-0.05, 0) is 130 Å². The summed E-state index contributed by atoms with van der Waals surface area (Å²) in [5, 5.41) is 17.4. The number of anilines is 3. The fraction of sp³-hybridized carbons (Fsp3) is 0.492. The van der Waals surface area contributed by atoms with Crippen LogP contribution in [-0.4, -0.2) is 166 Å². The number of amides is 6. The van der Waals surface area contributed by atoms with E-state index in [0.29, 0.717) is 86.8 Å². The fourth-order valence-corrected chi connectivity index (χ4v) is 11.6. The molecule has 80 heavy (non-hydrogen) atoms. The quantitative estimate of drug-likeness (QED) is 0.0893. The minimum absolute atomic E-state index is 0.0172. The Morgan fingerprint density at radius 2 is 1.59 bits per heavy atom. The van der Waals surface area contributed by atoms with Crippen molar-refractivity contribution in [1.82, 2.24) is 36.0 Å². The van der Waals surface area contributed by atoms with Gasteiger partial charge < -0.3 is 51.2 Å². The van der Waals surface area contributed by atoms with Crippen LogP contribution in [0.25, 0.3) is 0 Å². The number of fused-ring (bicyclic) bond motifs is 2. The van der Waals surface area contributed by atoms with Crippen LogP contribution >= 0.6 is 0 Å². The molecule has 0 aromatic heterocycles. The first-order valence-corrected chi connectivity index (χ1v) is 27.7. The van der Waals surface area contributed by atoms with Gasteiger partial charge in [-0.3, -0.25) is 38.6 Å². The van der Waals surface area contributed by atoms with E-state index in [-0.39, 0.29) is 61.8 Å². The number of nitrogens with one attached hydrogen (secondary N) is 6. The van der Waals surface area contributed by atoms with E-state index in [1.54, 1.807) is 56.1 Å². The molecule has 0 spiro atoms. The SMILES string of the molecule is CNC(C)C(=O)NC(C(=O)N1Cc2cc(NC(=O)CNC(=O)C3(C)CN(C(=O)CN4C[C@@H](C)NC[C@@H]4CN4CCOC[C@H]4C)c4cc(Cc5ccc(F)cc5)ccc43)ccc2C[C@H]1C(=O)Nc1c(F)cccc1F)C1CCOCC1. The number of likely N-dealkylation sites (N-methyl/N-ethyl adjacent to an activating group) is 1. The van der Waals surface area contributed by atoms with E-state index in [0.717, 1.165) is 36.3 Å². The van der Waals surface area contributed by atoms with Gasteiger partial charge in [-0.25, -0.2) is 13.2 Å². The number of carbonyl (C=O) groups is 6. The van der Waals surface area contributed by atoms with Gasteiger partial charge in [-0.2, -0.15) is 0 Å². The molecular weight excluding hydrogens is 1030 g/mol. The maximum atomic E-state index is 14.9. The second kappa shape index (κ2) is 25.4. The lowest BCUT2D eigenvalue weighted by Crippen LogP contribution is -2.62. The number of morpholine rings is 1. The summed E-state index contributed by atoms with van der Waals surface area (Å²) < 4.78 is 55.0. The van der Waals surface area contributed by atoms with Crippen LogP contribution in [0.1, 0.15) is 68.4 Å². The molecule has 3 saturated heterocycles. The van der Waals surface area contributed by atoms with Gasteiger partial charge in [0.2, 0.25) is 35.4 Å². The van der Waals surface area contributed by atoms with E-state index in [2.05, 4.69) is 55.5 Å². The summed E-state index contributed by atoms with van der Waals surface area (Å²) in [6.07, 6.45) is 1.30. The Kier molecular flexibility index (Phi) is 18.4. The van der Waals surface area contributed by atoms with Crippen molar-refractivity contribution in [3.63, 3.8) is 0 Å². The predicted octanol–water partition coefficient (Wildman–Crippen LogP) is 3.85. The molecule has 7 atom stereocenters. The van der Waals surface area contributed by atoms with Crippen molar-refractivity contribution in [3.8, 4) is 0 Å². The first-order chi connectivity index (χ1) is 38.4. The predicted molar refractivity (Wildman–Crippen MR) is 295 cm³/mol. The highest BCUT2D eigenvalue weighted by Crippen LogP contribution is 2.42. The van der Waals surface area contributed by atoms with Gasteiger partial charge in [0.15, 0.2) is 0 Å². The molecule has 3 unspecified atom stereocenters. The Morgan fingerprint density at radius 1 is 0.850 bits per heavy atom. The number of rotatable bonds is 17.